The number of carbonyl (C=O) groups excluding carboxylic acids is 2. The first-order chi connectivity index (χ1) is 14.1. The van der Waals surface area contributed by atoms with Crippen LogP contribution in [0.15, 0.2) is 66.6 Å². The lowest BCUT2D eigenvalue weighted by Crippen LogP contribution is -2.11. The van der Waals surface area contributed by atoms with Gasteiger partial charge in [-0.25, -0.2) is 4.79 Å². The maximum Gasteiger partial charge on any atom is 0.347 e. The highest BCUT2D eigenvalue weighted by Crippen LogP contribution is 2.39. The zero-order valence-electron chi connectivity index (χ0n) is 15.8. The van der Waals surface area contributed by atoms with E-state index in [2.05, 4.69) is 4.98 Å². The molecule has 0 amide bonds. The summed E-state index contributed by atoms with van der Waals surface area (Å²) in [6.07, 6.45) is 3.22. The molecule has 0 atom stereocenters. The molecule has 144 valence electrons. The summed E-state index contributed by atoms with van der Waals surface area (Å²) < 4.78 is 16.5. The fourth-order valence-corrected chi connectivity index (χ4v) is 3.04. The Labute approximate surface area is 167 Å². The second-order valence-electron chi connectivity index (χ2n) is 6.35. The van der Waals surface area contributed by atoms with Gasteiger partial charge < -0.3 is 14.2 Å². The molecule has 29 heavy (non-hydrogen) atoms. The predicted molar refractivity (Wildman–Crippen MR) is 106 cm³/mol. The molecule has 2 heterocycles. The topological polar surface area (TPSA) is 74.7 Å². The quantitative estimate of drug-likeness (QED) is 0.379. The summed E-state index contributed by atoms with van der Waals surface area (Å²) in [6.45, 7) is 1.74. The third-order valence-electron chi connectivity index (χ3n) is 4.53. The van der Waals surface area contributed by atoms with E-state index in [1.54, 1.807) is 67.7 Å². The molecule has 0 N–H and O–H groups in total. The molecule has 0 saturated carbocycles. The van der Waals surface area contributed by atoms with Gasteiger partial charge in [0.25, 0.3) is 0 Å². The Balaban J connectivity index is 1.63. The van der Waals surface area contributed by atoms with Crippen LogP contribution in [-0.2, 0) is 0 Å². The van der Waals surface area contributed by atoms with E-state index in [1.807, 2.05) is 6.07 Å². The number of ether oxygens (including phenoxy) is 3. The summed E-state index contributed by atoms with van der Waals surface area (Å²) in [5.41, 5.74) is 1.90. The second-order valence-corrected chi connectivity index (χ2v) is 6.35. The number of Topliss-reactive ketones (excluding diaryl/α,β-unsaturated/α-hetero) is 1. The average molecular weight is 387 g/mol. The third kappa shape index (κ3) is 3.48. The minimum atomic E-state index is -0.556. The molecule has 0 saturated heterocycles. The van der Waals surface area contributed by atoms with Crippen molar-refractivity contribution in [1.29, 1.82) is 0 Å². The molecule has 0 spiro atoms. The Hall–Kier alpha value is -3.93. The van der Waals surface area contributed by atoms with Gasteiger partial charge >= 0.3 is 5.97 Å². The van der Waals surface area contributed by atoms with Crippen LogP contribution in [0.4, 0.5) is 0 Å². The molecule has 1 aromatic heterocycles. The average Bonchev–Trinajstić information content (AvgIpc) is 3.07. The number of para-hydroxylation sites is 1. The number of rotatable bonds is 4. The van der Waals surface area contributed by atoms with Crippen molar-refractivity contribution in [3.05, 3.63) is 88.9 Å². The van der Waals surface area contributed by atoms with Crippen molar-refractivity contribution >= 4 is 17.8 Å². The zero-order valence-corrected chi connectivity index (χ0v) is 15.8. The highest BCUT2D eigenvalue weighted by molar-refractivity contribution is 6.15. The van der Waals surface area contributed by atoms with Gasteiger partial charge in [0.05, 0.1) is 18.4 Å². The van der Waals surface area contributed by atoms with Gasteiger partial charge in [-0.05, 0) is 43.3 Å². The predicted octanol–water partition coefficient (Wildman–Crippen LogP) is 4.23. The molecule has 0 radical (unpaired) electrons. The number of allylic oxidation sites excluding steroid dienone is 1. The van der Waals surface area contributed by atoms with Crippen molar-refractivity contribution < 1.29 is 23.8 Å². The lowest BCUT2D eigenvalue weighted by atomic mass is 10.1. The summed E-state index contributed by atoms with van der Waals surface area (Å²) in [7, 11) is 1.49. The van der Waals surface area contributed by atoms with Gasteiger partial charge in [0.1, 0.15) is 22.8 Å². The number of fused-ring (bicyclic) bond motifs is 1. The van der Waals surface area contributed by atoms with Crippen LogP contribution in [0, 0.1) is 6.92 Å². The van der Waals surface area contributed by atoms with Crippen LogP contribution < -0.4 is 14.2 Å². The lowest BCUT2D eigenvalue weighted by molar-refractivity contribution is 0.0729. The van der Waals surface area contributed by atoms with Crippen LogP contribution in [0.5, 0.6) is 17.2 Å². The Morgan fingerprint density at radius 2 is 1.83 bits per heavy atom. The number of benzene rings is 2. The lowest BCUT2D eigenvalue weighted by Gasteiger charge is -2.11. The molecule has 2 aromatic carbocycles. The van der Waals surface area contributed by atoms with Gasteiger partial charge in [-0.15, -0.1) is 0 Å². The molecule has 0 aliphatic carbocycles. The molecule has 3 aromatic rings. The van der Waals surface area contributed by atoms with E-state index in [4.69, 9.17) is 14.2 Å². The minimum Gasteiger partial charge on any atom is -0.496 e. The largest absolute Gasteiger partial charge is 0.496 e. The Morgan fingerprint density at radius 1 is 1.03 bits per heavy atom. The molecule has 6 nitrogen and oxygen atoms in total. The van der Waals surface area contributed by atoms with Crippen LogP contribution in [0.2, 0.25) is 0 Å². The van der Waals surface area contributed by atoms with Crippen LogP contribution in [0.1, 0.15) is 32.0 Å². The zero-order chi connectivity index (χ0) is 20.4. The molecule has 0 unspecified atom stereocenters. The number of aromatic nitrogens is 1. The normalized spacial score (nSPS) is 13.7. The molecule has 4 rings (SSSR count). The van der Waals surface area contributed by atoms with Crippen molar-refractivity contribution in [2.24, 2.45) is 0 Å². The van der Waals surface area contributed by atoms with E-state index in [0.29, 0.717) is 39.6 Å². The van der Waals surface area contributed by atoms with E-state index in [-0.39, 0.29) is 11.5 Å². The maximum atomic E-state index is 12.6. The van der Waals surface area contributed by atoms with Gasteiger partial charge in [-0.1, -0.05) is 18.2 Å². The van der Waals surface area contributed by atoms with Crippen molar-refractivity contribution in [3.8, 4) is 17.2 Å². The van der Waals surface area contributed by atoms with Gasteiger partial charge in [-0.2, -0.15) is 0 Å². The first kappa shape index (κ1) is 18.4. The summed E-state index contributed by atoms with van der Waals surface area (Å²) in [5.74, 6) is 0.489. The van der Waals surface area contributed by atoms with Crippen molar-refractivity contribution in [2.45, 2.75) is 6.92 Å². The van der Waals surface area contributed by atoms with Crippen molar-refractivity contribution in [2.75, 3.05) is 7.11 Å². The number of pyridine rings is 1. The number of ketones is 1. The Morgan fingerprint density at radius 3 is 2.59 bits per heavy atom. The van der Waals surface area contributed by atoms with Crippen molar-refractivity contribution in [3.63, 3.8) is 0 Å². The Kier molecular flexibility index (Phi) is 4.83. The number of hydrogen-bond donors (Lipinski definition) is 0. The SMILES string of the molecule is COc1ccccc1C(=O)Oc1ccc2c(c1C)O/C(=C\c1ccccn1)C2=O. The summed E-state index contributed by atoms with van der Waals surface area (Å²) in [4.78, 5) is 29.4. The first-order valence-corrected chi connectivity index (χ1v) is 8.92. The third-order valence-corrected chi connectivity index (χ3v) is 4.53. The van der Waals surface area contributed by atoms with Crippen LogP contribution >= 0.6 is 0 Å². The Bertz CT molecular complexity index is 1140. The van der Waals surface area contributed by atoms with Gasteiger partial charge in [0, 0.05) is 17.8 Å². The van der Waals surface area contributed by atoms with E-state index in [9.17, 15) is 9.59 Å². The van der Waals surface area contributed by atoms with Crippen LogP contribution in [-0.4, -0.2) is 23.8 Å². The summed E-state index contributed by atoms with van der Waals surface area (Å²) in [5, 5.41) is 0. The van der Waals surface area contributed by atoms with E-state index in [0.717, 1.165) is 0 Å². The highest BCUT2D eigenvalue weighted by atomic mass is 16.5. The van der Waals surface area contributed by atoms with E-state index < -0.39 is 5.97 Å². The molecule has 1 aliphatic heterocycles. The van der Waals surface area contributed by atoms with Crippen LogP contribution in [0.25, 0.3) is 6.08 Å². The van der Waals surface area contributed by atoms with Gasteiger partial charge in [0.2, 0.25) is 5.78 Å². The number of esters is 1. The highest BCUT2D eigenvalue weighted by Gasteiger charge is 2.31. The van der Waals surface area contributed by atoms with Gasteiger partial charge in [0.15, 0.2) is 5.76 Å². The fourth-order valence-electron chi connectivity index (χ4n) is 3.04. The van der Waals surface area contributed by atoms with E-state index >= 15 is 0 Å². The standard InChI is InChI=1S/C23H17NO5/c1-14-18(29-23(26)16-8-3-4-9-19(16)27-2)11-10-17-21(25)20(28-22(14)17)13-15-7-5-6-12-24-15/h3-13H,1-2H3/b20-13-. The number of hydrogen-bond acceptors (Lipinski definition) is 6. The van der Waals surface area contributed by atoms with E-state index in [1.165, 1.54) is 7.11 Å². The minimum absolute atomic E-state index is 0.176. The molecular weight excluding hydrogens is 370 g/mol. The molecular formula is C23H17NO5. The molecule has 6 heteroatoms. The molecule has 1 aliphatic rings. The fraction of sp³-hybridized carbons (Fsp3) is 0.0870. The maximum absolute atomic E-state index is 12.6. The second kappa shape index (κ2) is 7.59. The smallest absolute Gasteiger partial charge is 0.347 e. The van der Waals surface area contributed by atoms with Gasteiger partial charge in [-0.3, -0.25) is 9.78 Å². The number of nitrogens with zero attached hydrogens (tertiary/aromatic N) is 1. The summed E-state index contributed by atoms with van der Waals surface area (Å²) >= 11 is 0. The summed E-state index contributed by atoms with van der Waals surface area (Å²) in [6, 6.07) is 15.4. The first-order valence-electron chi connectivity index (χ1n) is 8.92. The van der Waals surface area contributed by atoms with Crippen molar-refractivity contribution in [1.82, 2.24) is 4.98 Å². The molecule has 0 bridgehead atoms. The number of carbonyl (C=O) groups is 2. The monoisotopic (exact) mass is 387 g/mol. The number of methoxy groups -OCH3 is 1. The molecule has 0 fully saturated rings. The van der Waals surface area contributed by atoms with Crippen LogP contribution in [0.3, 0.4) is 0 Å².